The van der Waals surface area contributed by atoms with E-state index in [2.05, 4.69) is 0 Å². The highest BCUT2D eigenvalue weighted by atomic mass is 19.2. The van der Waals surface area contributed by atoms with Gasteiger partial charge >= 0.3 is 0 Å². The van der Waals surface area contributed by atoms with Gasteiger partial charge in [-0.2, -0.15) is 8.78 Å². The van der Waals surface area contributed by atoms with Gasteiger partial charge in [0.1, 0.15) is 6.29 Å². The second kappa shape index (κ2) is 14.9. The van der Waals surface area contributed by atoms with Gasteiger partial charge in [0.15, 0.2) is 23.1 Å². The molecule has 2 aromatic rings. The molecule has 0 bridgehead atoms. The molecule has 0 amide bonds. The lowest BCUT2D eigenvalue weighted by Crippen LogP contribution is -2.15. The lowest BCUT2D eigenvalue weighted by molar-refractivity contribution is -0.111. The molecule has 2 aliphatic rings. The molecule has 0 aliphatic heterocycles. The number of hydrogen-bond acceptors (Lipinski definition) is 4. The Bertz CT molecular complexity index is 1120. The third kappa shape index (κ3) is 7.76. The number of ether oxygens (including phenoxy) is 3. The summed E-state index contributed by atoms with van der Waals surface area (Å²) in [6.45, 7) is 4.10. The number of hydrogen-bond donors (Lipinski definition) is 0. The Kier molecular flexibility index (Phi) is 11.7. The zero-order valence-corrected chi connectivity index (χ0v) is 22.9. The molecule has 4 nitrogen and oxygen atoms in total. The van der Waals surface area contributed by atoms with E-state index in [1.165, 1.54) is 17.7 Å². The third-order valence-electron chi connectivity index (χ3n) is 7.51. The highest BCUT2D eigenvalue weighted by Crippen LogP contribution is 2.39. The van der Waals surface area contributed by atoms with Crippen LogP contribution in [0.3, 0.4) is 0 Å². The standard InChI is InChI=1S/C16H20F2O2.C15H18F2O2/c1-3-20-14-9-8-13(15(17)16(14)18)12-6-4-11(5-7-12)10-19-2;1-2-19-13-8-7-12(14(16)15(13)17)11-5-3-10(9-18)4-6-11/h8-10,12H,3-7H2,1-2H3;7-11H,2-6H2,1H3. The predicted molar refractivity (Wildman–Crippen MR) is 142 cm³/mol. The van der Waals surface area contributed by atoms with Crippen molar-refractivity contribution in [2.24, 2.45) is 5.92 Å². The lowest BCUT2D eigenvalue weighted by atomic mass is 9.79. The summed E-state index contributed by atoms with van der Waals surface area (Å²) in [6, 6.07) is 6.27. The molecule has 2 aliphatic carbocycles. The highest BCUT2D eigenvalue weighted by molar-refractivity contribution is 5.53. The fourth-order valence-corrected chi connectivity index (χ4v) is 5.41. The van der Waals surface area contributed by atoms with Gasteiger partial charge in [0.2, 0.25) is 11.6 Å². The van der Waals surface area contributed by atoms with E-state index in [0.717, 1.165) is 57.7 Å². The van der Waals surface area contributed by atoms with Gasteiger partial charge in [-0.05, 0) is 106 Å². The number of halogens is 4. The van der Waals surface area contributed by atoms with Crippen LogP contribution >= 0.6 is 0 Å². The number of benzene rings is 2. The van der Waals surface area contributed by atoms with E-state index in [9.17, 15) is 22.4 Å². The van der Waals surface area contributed by atoms with Crippen LogP contribution in [0.4, 0.5) is 17.6 Å². The molecule has 0 saturated heterocycles. The summed E-state index contributed by atoms with van der Waals surface area (Å²) >= 11 is 0. The molecule has 0 unspecified atom stereocenters. The Labute approximate surface area is 228 Å². The van der Waals surface area contributed by atoms with Crippen molar-refractivity contribution in [3.05, 3.63) is 70.5 Å². The highest BCUT2D eigenvalue weighted by Gasteiger charge is 2.27. The van der Waals surface area contributed by atoms with Gasteiger partial charge in [0.05, 0.1) is 26.6 Å². The SMILES string of the molecule is CCOc1ccc(C2CCC(=COC)CC2)c(F)c1F.CCOc1ccc(C2CCC(C=O)CC2)c(F)c1F. The minimum Gasteiger partial charge on any atom is -0.504 e. The number of allylic oxidation sites excluding steroid dienone is 1. The molecule has 0 heterocycles. The van der Waals surface area contributed by atoms with Crippen LogP contribution in [0.15, 0.2) is 36.1 Å². The Balaban J connectivity index is 0.000000216. The van der Waals surface area contributed by atoms with Crippen LogP contribution in [0.5, 0.6) is 11.5 Å². The number of carbonyl (C=O) groups excluding carboxylic acids is 1. The quantitative estimate of drug-likeness (QED) is 0.188. The first kappa shape index (κ1) is 30.5. The molecular weight excluding hydrogens is 512 g/mol. The summed E-state index contributed by atoms with van der Waals surface area (Å²) in [5.74, 6) is -3.25. The monoisotopic (exact) mass is 550 g/mol. The van der Waals surface area contributed by atoms with Crippen LogP contribution in [0.25, 0.3) is 0 Å². The molecule has 2 fully saturated rings. The second-order valence-electron chi connectivity index (χ2n) is 9.96. The molecule has 0 radical (unpaired) electrons. The second-order valence-corrected chi connectivity index (χ2v) is 9.96. The Morgan fingerprint density at radius 3 is 1.59 bits per heavy atom. The minimum atomic E-state index is -0.906. The van der Waals surface area contributed by atoms with E-state index in [-0.39, 0.29) is 29.3 Å². The van der Waals surface area contributed by atoms with Crippen LogP contribution in [-0.4, -0.2) is 26.6 Å². The number of rotatable bonds is 8. The van der Waals surface area contributed by atoms with Crippen LogP contribution < -0.4 is 9.47 Å². The van der Waals surface area contributed by atoms with Crippen molar-refractivity contribution in [3.63, 3.8) is 0 Å². The lowest BCUT2D eigenvalue weighted by Gasteiger charge is -2.26. The summed E-state index contributed by atoms with van der Waals surface area (Å²) in [6.07, 6.45) is 9.06. The Morgan fingerprint density at radius 2 is 1.18 bits per heavy atom. The molecule has 4 rings (SSSR count). The average molecular weight is 551 g/mol. The maximum absolute atomic E-state index is 14.1. The first-order chi connectivity index (χ1) is 18.8. The Hall–Kier alpha value is -3.03. The maximum atomic E-state index is 14.1. The van der Waals surface area contributed by atoms with Crippen molar-refractivity contribution >= 4 is 6.29 Å². The first-order valence-electron chi connectivity index (χ1n) is 13.7. The topological polar surface area (TPSA) is 44.8 Å². The summed E-state index contributed by atoms with van der Waals surface area (Å²) in [7, 11) is 1.63. The normalized spacial score (nSPS) is 20.9. The van der Waals surface area contributed by atoms with Crippen molar-refractivity contribution in [2.45, 2.75) is 77.0 Å². The van der Waals surface area contributed by atoms with Crippen LogP contribution in [0.1, 0.15) is 88.2 Å². The van der Waals surface area contributed by atoms with Gasteiger partial charge in [-0.15, -0.1) is 0 Å². The van der Waals surface area contributed by atoms with Crippen molar-refractivity contribution in [1.29, 1.82) is 0 Å². The number of aldehydes is 1. The molecule has 39 heavy (non-hydrogen) atoms. The van der Waals surface area contributed by atoms with E-state index in [0.29, 0.717) is 24.3 Å². The first-order valence-corrected chi connectivity index (χ1v) is 13.7. The molecule has 0 aromatic heterocycles. The molecule has 0 atom stereocenters. The average Bonchev–Trinajstić information content (AvgIpc) is 2.95. The summed E-state index contributed by atoms with van der Waals surface area (Å²) in [4.78, 5) is 10.7. The molecule has 0 spiro atoms. The smallest absolute Gasteiger partial charge is 0.200 e. The summed E-state index contributed by atoms with van der Waals surface area (Å²) in [5, 5.41) is 0. The van der Waals surface area contributed by atoms with Gasteiger partial charge in [0, 0.05) is 5.92 Å². The summed E-state index contributed by atoms with van der Waals surface area (Å²) in [5.41, 5.74) is 2.10. The zero-order valence-electron chi connectivity index (χ0n) is 22.9. The van der Waals surface area contributed by atoms with Crippen molar-refractivity contribution in [3.8, 4) is 11.5 Å². The van der Waals surface area contributed by atoms with E-state index < -0.39 is 23.3 Å². The van der Waals surface area contributed by atoms with Crippen LogP contribution in [0.2, 0.25) is 0 Å². The number of methoxy groups -OCH3 is 1. The van der Waals surface area contributed by atoms with Crippen molar-refractivity contribution < 1.29 is 36.6 Å². The van der Waals surface area contributed by atoms with Crippen LogP contribution in [-0.2, 0) is 9.53 Å². The van der Waals surface area contributed by atoms with E-state index in [1.807, 2.05) is 0 Å². The Morgan fingerprint density at radius 1 is 0.718 bits per heavy atom. The number of carbonyl (C=O) groups is 1. The van der Waals surface area contributed by atoms with Gasteiger partial charge in [0.25, 0.3) is 0 Å². The van der Waals surface area contributed by atoms with Gasteiger partial charge in [-0.25, -0.2) is 8.78 Å². The maximum Gasteiger partial charge on any atom is 0.200 e. The fraction of sp³-hybridized carbons (Fsp3) is 0.516. The summed E-state index contributed by atoms with van der Waals surface area (Å²) < 4.78 is 70.9. The predicted octanol–water partition coefficient (Wildman–Crippen LogP) is 8.39. The minimum absolute atomic E-state index is 0.00127. The molecule has 2 saturated carbocycles. The molecular formula is C31H38F4O4. The van der Waals surface area contributed by atoms with E-state index in [4.69, 9.17) is 14.2 Å². The van der Waals surface area contributed by atoms with Crippen LogP contribution in [0, 0.1) is 29.2 Å². The molecule has 0 N–H and O–H groups in total. The van der Waals surface area contributed by atoms with Gasteiger partial charge in [-0.1, -0.05) is 12.1 Å². The molecule has 2 aromatic carbocycles. The third-order valence-corrected chi connectivity index (χ3v) is 7.51. The van der Waals surface area contributed by atoms with Gasteiger partial charge < -0.3 is 19.0 Å². The van der Waals surface area contributed by atoms with Crippen molar-refractivity contribution in [2.75, 3.05) is 20.3 Å². The zero-order chi connectivity index (χ0) is 28.4. The molecule has 8 heteroatoms. The van der Waals surface area contributed by atoms with Gasteiger partial charge in [-0.3, -0.25) is 0 Å². The van der Waals surface area contributed by atoms with E-state index >= 15 is 0 Å². The molecule has 214 valence electrons. The largest absolute Gasteiger partial charge is 0.504 e. The fourth-order valence-electron chi connectivity index (χ4n) is 5.41. The van der Waals surface area contributed by atoms with Crippen molar-refractivity contribution in [1.82, 2.24) is 0 Å². The van der Waals surface area contributed by atoms with E-state index in [1.54, 1.807) is 39.4 Å².